The minimum atomic E-state index is 0.182. The Balaban J connectivity index is 2.18. The maximum Gasteiger partial charge on any atom is 0.0588 e. The smallest absolute Gasteiger partial charge is 0.0588 e. The third kappa shape index (κ3) is 1.36. The molecule has 1 aliphatic rings. The number of aromatic nitrogens is 1. The van der Waals surface area contributed by atoms with Crippen molar-refractivity contribution in [2.75, 3.05) is 6.61 Å². The van der Waals surface area contributed by atoms with Crippen molar-refractivity contribution in [2.45, 2.75) is 25.4 Å². The Labute approximate surface area is 94.5 Å². The molecular weight excluding hydrogens is 200 g/mol. The minimum absolute atomic E-state index is 0.182. The minimum Gasteiger partial charge on any atom is -0.395 e. The Morgan fingerprint density at radius 1 is 1.38 bits per heavy atom. The molecule has 2 atom stereocenters. The number of fused-ring (bicyclic) bond motifs is 3. The van der Waals surface area contributed by atoms with Crippen LogP contribution in [0.25, 0.3) is 10.9 Å². The maximum atomic E-state index is 9.27. The van der Waals surface area contributed by atoms with Gasteiger partial charge in [-0.15, -0.1) is 0 Å². The third-order valence-corrected chi connectivity index (χ3v) is 3.44. The normalized spacial score (nSPS) is 24.6. The molecule has 1 aliphatic heterocycles. The number of aliphatic hydroxyl groups excluding tert-OH is 1. The number of rotatable bonds is 1. The molecular formula is C13H16N2O. The highest BCUT2D eigenvalue weighted by Crippen LogP contribution is 2.31. The van der Waals surface area contributed by atoms with Crippen LogP contribution in [0.3, 0.4) is 0 Å². The molecule has 3 nitrogen and oxygen atoms in total. The molecule has 0 saturated carbocycles. The zero-order valence-electron chi connectivity index (χ0n) is 9.33. The van der Waals surface area contributed by atoms with Crippen LogP contribution in [0.5, 0.6) is 0 Å². The summed E-state index contributed by atoms with van der Waals surface area (Å²) < 4.78 is 0. The molecule has 0 bridgehead atoms. The van der Waals surface area contributed by atoms with E-state index >= 15 is 0 Å². The van der Waals surface area contributed by atoms with Gasteiger partial charge in [0.1, 0.15) is 0 Å². The molecule has 1 aromatic carbocycles. The quantitative estimate of drug-likeness (QED) is 0.680. The van der Waals surface area contributed by atoms with Gasteiger partial charge in [-0.3, -0.25) is 0 Å². The second kappa shape index (κ2) is 3.61. The molecule has 3 N–H and O–H groups in total. The molecule has 84 valence electrons. The number of hydrogen-bond acceptors (Lipinski definition) is 2. The summed E-state index contributed by atoms with van der Waals surface area (Å²) in [4.78, 5) is 3.47. The number of nitrogens with one attached hydrogen (secondary N) is 2. The van der Waals surface area contributed by atoms with Gasteiger partial charge in [-0.25, -0.2) is 0 Å². The molecule has 0 spiro atoms. The van der Waals surface area contributed by atoms with Gasteiger partial charge in [-0.1, -0.05) is 18.2 Å². The van der Waals surface area contributed by atoms with Crippen LogP contribution in [0, 0.1) is 0 Å². The van der Waals surface area contributed by atoms with Gasteiger partial charge in [-0.05, 0) is 25.0 Å². The molecule has 16 heavy (non-hydrogen) atoms. The van der Waals surface area contributed by atoms with Crippen molar-refractivity contribution < 1.29 is 5.11 Å². The van der Waals surface area contributed by atoms with Crippen molar-refractivity contribution in [2.24, 2.45) is 0 Å². The molecule has 0 saturated heterocycles. The number of H-pyrrole nitrogens is 1. The Kier molecular flexibility index (Phi) is 2.23. The Hall–Kier alpha value is -1.32. The lowest BCUT2D eigenvalue weighted by atomic mass is 9.95. The first-order chi connectivity index (χ1) is 7.79. The molecule has 0 radical (unpaired) electrons. The first-order valence-corrected chi connectivity index (χ1v) is 5.76. The van der Waals surface area contributed by atoms with E-state index in [0.717, 1.165) is 6.42 Å². The summed E-state index contributed by atoms with van der Waals surface area (Å²) in [5, 5.41) is 14.0. The molecule has 1 aromatic heterocycles. The largest absolute Gasteiger partial charge is 0.395 e. The lowest BCUT2D eigenvalue weighted by molar-refractivity contribution is 0.225. The fourth-order valence-corrected chi connectivity index (χ4v) is 2.67. The van der Waals surface area contributed by atoms with Gasteiger partial charge in [0.15, 0.2) is 0 Å². The highest BCUT2D eigenvalue weighted by molar-refractivity contribution is 5.85. The fourth-order valence-electron chi connectivity index (χ4n) is 2.67. The predicted molar refractivity (Wildman–Crippen MR) is 64.4 cm³/mol. The van der Waals surface area contributed by atoms with Gasteiger partial charge >= 0.3 is 0 Å². The van der Waals surface area contributed by atoms with Crippen LogP contribution >= 0.6 is 0 Å². The average Bonchev–Trinajstić information content (AvgIpc) is 2.68. The second-order valence-corrected chi connectivity index (χ2v) is 4.53. The molecule has 2 heterocycles. The fraction of sp³-hybridized carbons (Fsp3) is 0.385. The van der Waals surface area contributed by atoms with E-state index in [0.29, 0.717) is 0 Å². The van der Waals surface area contributed by atoms with Gasteiger partial charge in [0.05, 0.1) is 6.61 Å². The van der Waals surface area contributed by atoms with Crippen molar-refractivity contribution in [3.63, 3.8) is 0 Å². The van der Waals surface area contributed by atoms with Gasteiger partial charge in [-0.2, -0.15) is 0 Å². The predicted octanol–water partition coefficient (Wildman–Crippen LogP) is 1.74. The van der Waals surface area contributed by atoms with Crippen molar-refractivity contribution in [1.82, 2.24) is 10.3 Å². The summed E-state index contributed by atoms with van der Waals surface area (Å²) in [5.41, 5.74) is 3.83. The molecule has 2 aromatic rings. The highest BCUT2D eigenvalue weighted by atomic mass is 16.3. The third-order valence-electron chi connectivity index (χ3n) is 3.44. The van der Waals surface area contributed by atoms with Crippen LogP contribution in [0.2, 0.25) is 0 Å². The molecule has 3 heteroatoms. The molecule has 0 unspecified atom stereocenters. The standard InChI is InChI=1S/C13H16N2O/c1-8-13-11(6-9(7-16)14-8)10-4-2-3-5-12(10)15-13/h2-5,8-9,14-16H,6-7H2,1H3/t8-,9-/m0/s1. The summed E-state index contributed by atoms with van der Waals surface area (Å²) in [6, 6.07) is 8.84. The summed E-state index contributed by atoms with van der Waals surface area (Å²) in [7, 11) is 0. The van der Waals surface area contributed by atoms with Crippen LogP contribution in [0.15, 0.2) is 24.3 Å². The van der Waals surface area contributed by atoms with E-state index in [-0.39, 0.29) is 18.7 Å². The van der Waals surface area contributed by atoms with Crippen molar-refractivity contribution >= 4 is 10.9 Å². The number of para-hydroxylation sites is 1. The number of aromatic amines is 1. The van der Waals surface area contributed by atoms with Gasteiger partial charge < -0.3 is 15.4 Å². The maximum absolute atomic E-state index is 9.27. The Morgan fingerprint density at radius 3 is 3.00 bits per heavy atom. The SMILES string of the molecule is C[C@@H]1N[C@H](CO)Cc2c1[nH]c1ccccc21. The molecule has 0 amide bonds. The van der Waals surface area contributed by atoms with E-state index in [1.165, 1.54) is 22.2 Å². The van der Waals surface area contributed by atoms with Crippen molar-refractivity contribution in [3.8, 4) is 0 Å². The second-order valence-electron chi connectivity index (χ2n) is 4.53. The van der Waals surface area contributed by atoms with E-state index in [2.05, 4.69) is 35.4 Å². The van der Waals surface area contributed by atoms with E-state index in [4.69, 9.17) is 0 Å². The summed E-state index contributed by atoms with van der Waals surface area (Å²) in [6.45, 7) is 2.33. The Morgan fingerprint density at radius 2 is 2.19 bits per heavy atom. The van der Waals surface area contributed by atoms with Crippen LogP contribution in [0.4, 0.5) is 0 Å². The van der Waals surface area contributed by atoms with Gasteiger partial charge in [0.2, 0.25) is 0 Å². The molecule has 0 aliphatic carbocycles. The van der Waals surface area contributed by atoms with Gasteiger partial charge in [0, 0.05) is 28.7 Å². The zero-order valence-corrected chi connectivity index (χ0v) is 9.33. The lowest BCUT2D eigenvalue weighted by Crippen LogP contribution is -2.40. The van der Waals surface area contributed by atoms with E-state index in [1.807, 2.05) is 6.07 Å². The van der Waals surface area contributed by atoms with Crippen LogP contribution in [-0.2, 0) is 6.42 Å². The van der Waals surface area contributed by atoms with Crippen LogP contribution in [0.1, 0.15) is 24.2 Å². The summed E-state index contributed by atoms with van der Waals surface area (Å²) in [6.07, 6.45) is 0.903. The van der Waals surface area contributed by atoms with Crippen molar-refractivity contribution in [1.29, 1.82) is 0 Å². The number of hydrogen-bond donors (Lipinski definition) is 3. The number of benzene rings is 1. The molecule has 3 rings (SSSR count). The monoisotopic (exact) mass is 216 g/mol. The first kappa shape index (κ1) is 9.87. The van der Waals surface area contributed by atoms with E-state index < -0.39 is 0 Å². The van der Waals surface area contributed by atoms with E-state index in [9.17, 15) is 5.11 Å². The Bertz CT molecular complexity index is 518. The van der Waals surface area contributed by atoms with Crippen LogP contribution < -0.4 is 5.32 Å². The van der Waals surface area contributed by atoms with Crippen LogP contribution in [-0.4, -0.2) is 22.7 Å². The van der Waals surface area contributed by atoms with Crippen molar-refractivity contribution in [3.05, 3.63) is 35.5 Å². The summed E-state index contributed by atoms with van der Waals surface area (Å²) >= 11 is 0. The number of aliphatic hydroxyl groups is 1. The van der Waals surface area contributed by atoms with Gasteiger partial charge in [0.25, 0.3) is 0 Å². The lowest BCUT2D eigenvalue weighted by Gasteiger charge is -2.27. The zero-order chi connectivity index (χ0) is 11.1. The first-order valence-electron chi connectivity index (χ1n) is 5.76. The molecule has 0 fully saturated rings. The average molecular weight is 216 g/mol. The summed E-state index contributed by atoms with van der Waals surface area (Å²) in [5.74, 6) is 0. The highest BCUT2D eigenvalue weighted by Gasteiger charge is 2.25. The van der Waals surface area contributed by atoms with E-state index in [1.54, 1.807) is 0 Å². The topological polar surface area (TPSA) is 48.0 Å².